The number of likely N-dealkylation sites (tertiary alicyclic amines) is 1. The largest absolute Gasteiger partial charge is 0.497 e. The van der Waals surface area contributed by atoms with Crippen molar-refractivity contribution in [1.29, 1.82) is 5.26 Å². The molecule has 0 N–H and O–H groups in total. The van der Waals surface area contributed by atoms with Crippen LogP contribution in [0.15, 0.2) is 18.2 Å². The topological polar surface area (TPSA) is 53.3 Å². The lowest BCUT2D eigenvalue weighted by molar-refractivity contribution is -0.130. The van der Waals surface area contributed by atoms with Crippen molar-refractivity contribution < 1.29 is 9.53 Å². The highest BCUT2D eigenvalue weighted by molar-refractivity contribution is 5.82. The Hall–Kier alpha value is -2.02. The maximum atomic E-state index is 12.7. The summed E-state index contributed by atoms with van der Waals surface area (Å²) in [5.41, 5.74) is 2.52. The zero-order valence-corrected chi connectivity index (χ0v) is 15.1. The first-order valence-corrected chi connectivity index (χ1v) is 9.48. The van der Waals surface area contributed by atoms with E-state index >= 15 is 0 Å². The molecule has 2 fully saturated rings. The monoisotopic (exact) mass is 338 g/mol. The third kappa shape index (κ3) is 2.36. The number of hydrogen-bond donors (Lipinski definition) is 0. The maximum Gasteiger partial charge on any atom is 0.179 e. The Balaban J connectivity index is 1.89. The van der Waals surface area contributed by atoms with Gasteiger partial charge in [0.25, 0.3) is 0 Å². The van der Waals surface area contributed by atoms with Crippen molar-refractivity contribution in [3.05, 3.63) is 29.3 Å². The van der Waals surface area contributed by atoms with Crippen LogP contribution in [0.2, 0.25) is 0 Å². The number of methoxy groups -OCH3 is 1. The molecule has 1 aliphatic heterocycles. The highest BCUT2D eigenvalue weighted by Crippen LogP contribution is 2.57. The van der Waals surface area contributed by atoms with E-state index in [2.05, 4.69) is 25.2 Å². The van der Waals surface area contributed by atoms with E-state index in [1.807, 2.05) is 11.0 Å². The number of fused-ring (bicyclic) bond motifs is 1. The zero-order valence-electron chi connectivity index (χ0n) is 15.1. The van der Waals surface area contributed by atoms with E-state index in [9.17, 15) is 10.1 Å². The van der Waals surface area contributed by atoms with E-state index in [-0.39, 0.29) is 11.5 Å². The van der Waals surface area contributed by atoms with Gasteiger partial charge in [0.05, 0.1) is 7.11 Å². The molecule has 1 saturated heterocycles. The number of ether oxygens (including phenoxy) is 1. The minimum atomic E-state index is -0.102. The summed E-state index contributed by atoms with van der Waals surface area (Å²) in [4.78, 5) is 14.7. The van der Waals surface area contributed by atoms with E-state index in [1.165, 1.54) is 11.1 Å². The summed E-state index contributed by atoms with van der Waals surface area (Å²) >= 11 is 0. The van der Waals surface area contributed by atoms with Gasteiger partial charge < -0.3 is 9.64 Å². The number of carbonyl (C=O) groups excluding carboxylic acids is 1. The molecule has 2 aliphatic carbocycles. The van der Waals surface area contributed by atoms with Gasteiger partial charge in [-0.25, -0.2) is 0 Å². The van der Waals surface area contributed by atoms with Gasteiger partial charge in [-0.2, -0.15) is 5.26 Å². The molecule has 4 nitrogen and oxygen atoms in total. The molecule has 1 saturated carbocycles. The highest BCUT2D eigenvalue weighted by atomic mass is 16.5. The average Bonchev–Trinajstić information content (AvgIpc) is 2.61. The number of carbonyl (C=O) groups is 1. The van der Waals surface area contributed by atoms with Crippen LogP contribution >= 0.6 is 0 Å². The number of nitriles is 1. The molecule has 2 bridgehead atoms. The van der Waals surface area contributed by atoms with Crippen molar-refractivity contribution in [3.8, 4) is 11.9 Å². The summed E-state index contributed by atoms with van der Waals surface area (Å²) in [5, 5.41) is 9.68. The van der Waals surface area contributed by atoms with Crippen LogP contribution in [0.4, 0.5) is 0 Å². The summed E-state index contributed by atoms with van der Waals surface area (Å²) < 4.78 is 5.49. The molecular weight excluding hydrogens is 312 g/mol. The van der Waals surface area contributed by atoms with Crippen LogP contribution in [-0.4, -0.2) is 30.4 Å². The minimum Gasteiger partial charge on any atom is -0.497 e. The van der Waals surface area contributed by atoms with Gasteiger partial charge in [0, 0.05) is 30.8 Å². The Morgan fingerprint density at radius 1 is 1.40 bits per heavy atom. The maximum absolute atomic E-state index is 12.7. The number of Topliss-reactive ketones (excluding diaryl/α,β-unsaturated/α-hetero) is 1. The lowest BCUT2D eigenvalue weighted by Crippen LogP contribution is -2.63. The number of hydrogen-bond acceptors (Lipinski definition) is 4. The molecule has 0 unspecified atom stereocenters. The fourth-order valence-corrected chi connectivity index (χ4v) is 6.00. The predicted molar refractivity (Wildman–Crippen MR) is 95.2 cm³/mol. The van der Waals surface area contributed by atoms with Gasteiger partial charge >= 0.3 is 0 Å². The summed E-state index contributed by atoms with van der Waals surface area (Å²) in [7, 11) is 1.70. The van der Waals surface area contributed by atoms with Crippen molar-refractivity contribution in [2.75, 3.05) is 13.7 Å². The fourth-order valence-electron chi connectivity index (χ4n) is 6.00. The molecule has 0 spiro atoms. The third-order valence-electron chi connectivity index (χ3n) is 6.83. The average molecular weight is 338 g/mol. The van der Waals surface area contributed by atoms with Gasteiger partial charge in [-0.1, -0.05) is 19.4 Å². The molecule has 0 radical (unpaired) electrons. The highest BCUT2D eigenvalue weighted by Gasteiger charge is 2.58. The van der Waals surface area contributed by atoms with Crippen molar-refractivity contribution >= 4 is 5.78 Å². The van der Waals surface area contributed by atoms with Crippen LogP contribution in [0.5, 0.6) is 5.75 Å². The predicted octanol–water partition coefficient (Wildman–Crippen LogP) is 3.44. The quantitative estimate of drug-likeness (QED) is 0.792. The Morgan fingerprint density at radius 2 is 2.24 bits per heavy atom. The normalized spacial score (nSPS) is 33.2. The molecule has 0 amide bonds. The Bertz CT molecular complexity index is 738. The summed E-state index contributed by atoms with van der Waals surface area (Å²) in [6.45, 7) is 2.96. The minimum absolute atomic E-state index is 0.102. The molecule has 4 atom stereocenters. The van der Waals surface area contributed by atoms with Crippen LogP contribution in [0, 0.1) is 23.3 Å². The van der Waals surface area contributed by atoms with Gasteiger partial charge in [0.2, 0.25) is 0 Å². The van der Waals surface area contributed by atoms with Crippen molar-refractivity contribution in [2.45, 2.75) is 56.9 Å². The lowest BCUT2D eigenvalue weighted by atomic mass is 9.49. The van der Waals surface area contributed by atoms with Crippen molar-refractivity contribution in [3.63, 3.8) is 0 Å². The second-order valence-corrected chi connectivity index (χ2v) is 7.99. The SMILES string of the molecule is CCC[C@@H]1CC(=O)C[C@]23CCN(C#N)[C@H](Cc4ccc(OC)cc42)[C@H]13. The molecule has 1 heterocycles. The molecule has 132 valence electrons. The van der Waals surface area contributed by atoms with E-state index < -0.39 is 0 Å². The second kappa shape index (κ2) is 6.05. The van der Waals surface area contributed by atoms with Crippen molar-refractivity contribution in [2.24, 2.45) is 11.8 Å². The molecule has 4 rings (SSSR count). The Labute approximate surface area is 149 Å². The van der Waals surface area contributed by atoms with Gasteiger partial charge in [-0.3, -0.25) is 4.79 Å². The molecule has 4 heteroatoms. The molecular formula is C21H26N2O2. The van der Waals surface area contributed by atoms with Crippen LogP contribution in [-0.2, 0) is 16.6 Å². The van der Waals surface area contributed by atoms with E-state index in [0.29, 0.717) is 30.5 Å². The third-order valence-corrected chi connectivity index (χ3v) is 6.83. The summed E-state index contributed by atoms with van der Waals surface area (Å²) in [5.74, 6) is 2.07. The van der Waals surface area contributed by atoms with Gasteiger partial charge in [-0.05, 0) is 54.4 Å². The molecule has 3 aliphatic rings. The fraction of sp³-hybridized carbons (Fsp3) is 0.619. The zero-order chi connectivity index (χ0) is 17.6. The van der Waals surface area contributed by atoms with Crippen LogP contribution in [0.3, 0.4) is 0 Å². The lowest BCUT2D eigenvalue weighted by Gasteiger charge is -2.59. The standard InChI is InChI=1S/C21H26N2O2/c1-3-4-15-9-16(24)12-21-7-8-23(13-22)19(20(15)21)10-14-5-6-17(25-2)11-18(14)21/h5-6,11,15,19-20H,3-4,7-10,12H2,1-2H3/t15-,19-,20+,21-/m1/s1. The van der Waals surface area contributed by atoms with Crippen LogP contribution in [0.1, 0.15) is 50.2 Å². The second-order valence-electron chi connectivity index (χ2n) is 7.99. The molecule has 0 aromatic heterocycles. The van der Waals surface area contributed by atoms with E-state index in [4.69, 9.17) is 4.74 Å². The first-order chi connectivity index (χ1) is 12.1. The Morgan fingerprint density at radius 3 is 2.96 bits per heavy atom. The molecule has 1 aromatic rings. The molecule has 1 aromatic carbocycles. The van der Waals surface area contributed by atoms with Gasteiger partial charge in [0.1, 0.15) is 11.5 Å². The van der Waals surface area contributed by atoms with Crippen LogP contribution in [0.25, 0.3) is 0 Å². The van der Waals surface area contributed by atoms with Gasteiger partial charge in [0.15, 0.2) is 6.19 Å². The van der Waals surface area contributed by atoms with E-state index in [0.717, 1.165) is 38.0 Å². The summed E-state index contributed by atoms with van der Waals surface area (Å²) in [6, 6.07) is 6.57. The first-order valence-electron chi connectivity index (χ1n) is 9.48. The first kappa shape index (κ1) is 16.4. The van der Waals surface area contributed by atoms with Crippen LogP contribution < -0.4 is 4.74 Å². The number of benzene rings is 1. The van der Waals surface area contributed by atoms with Crippen molar-refractivity contribution in [1.82, 2.24) is 4.90 Å². The Kier molecular flexibility index (Phi) is 3.98. The number of nitrogens with zero attached hydrogens (tertiary/aromatic N) is 2. The van der Waals surface area contributed by atoms with E-state index in [1.54, 1.807) is 7.11 Å². The smallest absolute Gasteiger partial charge is 0.179 e. The number of piperidine rings is 1. The number of ketones is 1. The number of rotatable bonds is 3. The van der Waals surface area contributed by atoms with Gasteiger partial charge in [-0.15, -0.1) is 0 Å². The summed E-state index contributed by atoms with van der Waals surface area (Å²) in [6.07, 6.45) is 7.74. The molecule has 25 heavy (non-hydrogen) atoms.